The van der Waals surface area contributed by atoms with Crippen molar-refractivity contribution < 1.29 is 0 Å². The van der Waals surface area contributed by atoms with Crippen molar-refractivity contribution in [1.29, 1.82) is 5.26 Å². The lowest BCUT2D eigenvalue weighted by atomic mass is 10.1. The van der Waals surface area contributed by atoms with Crippen molar-refractivity contribution >= 4 is 27.5 Å². The fourth-order valence-electron chi connectivity index (χ4n) is 0.836. The van der Waals surface area contributed by atoms with Crippen molar-refractivity contribution in [2.75, 3.05) is 0 Å². The molecule has 0 atom stereocenters. The van der Waals surface area contributed by atoms with Gasteiger partial charge in [0.1, 0.15) is 6.07 Å². The molecule has 0 unspecified atom stereocenters. The van der Waals surface area contributed by atoms with Crippen LogP contribution in [0.2, 0.25) is 5.02 Å². The zero-order valence-electron chi connectivity index (χ0n) is 6.14. The maximum atomic E-state index is 8.67. The molecule has 1 rings (SSSR count). The first-order valence-corrected chi connectivity index (χ1v) is 4.44. The Morgan fingerprint density at radius 3 is 2.75 bits per heavy atom. The Hall–Kier alpha value is -0.560. The summed E-state index contributed by atoms with van der Waals surface area (Å²) in [5.74, 6) is 0. The summed E-state index contributed by atoms with van der Waals surface area (Å²) in [7, 11) is 0. The van der Waals surface area contributed by atoms with E-state index in [1.165, 1.54) is 0 Å². The number of rotatable bonds is 1. The first-order chi connectivity index (χ1) is 5.69. The Morgan fingerprint density at radius 2 is 2.25 bits per heavy atom. The van der Waals surface area contributed by atoms with Crippen molar-refractivity contribution in [3.8, 4) is 6.07 Å². The highest BCUT2D eigenvalue weighted by Gasteiger charge is 2.04. The van der Waals surface area contributed by atoms with Crippen molar-refractivity contribution in [2.24, 2.45) is 5.73 Å². The normalized spacial score (nSPS) is 9.50. The molecule has 1 aromatic rings. The summed E-state index contributed by atoms with van der Waals surface area (Å²) in [5, 5.41) is 9.25. The summed E-state index contributed by atoms with van der Waals surface area (Å²) in [6.45, 7) is 0.348. The van der Waals surface area contributed by atoms with Crippen LogP contribution in [0, 0.1) is 11.3 Å². The molecule has 62 valence electrons. The smallest absolute Gasteiger partial charge is 0.100 e. The minimum atomic E-state index is 0.348. The molecule has 2 nitrogen and oxygen atoms in total. The molecule has 0 saturated carbocycles. The average molecular weight is 246 g/mol. The van der Waals surface area contributed by atoms with E-state index in [0.717, 1.165) is 5.56 Å². The van der Waals surface area contributed by atoms with Gasteiger partial charge in [-0.1, -0.05) is 11.6 Å². The predicted octanol–water partition coefficient (Wildman–Crippen LogP) is 2.43. The lowest BCUT2D eigenvalue weighted by molar-refractivity contribution is 1.07. The van der Waals surface area contributed by atoms with E-state index in [1.54, 1.807) is 12.1 Å². The third-order valence-corrected chi connectivity index (χ3v) is 2.48. The fraction of sp³-hybridized carbons (Fsp3) is 0.125. The Kier molecular flexibility index (Phi) is 3.10. The highest BCUT2D eigenvalue weighted by atomic mass is 79.9. The third-order valence-electron chi connectivity index (χ3n) is 1.48. The Labute approximate surface area is 84.1 Å². The van der Waals surface area contributed by atoms with Gasteiger partial charge in [-0.05, 0) is 33.6 Å². The van der Waals surface area contributed by atoms with Gasteiger partial charge in [0.2, 0.25) is 0 Å². The van der Waals surface area contributed by atoms with Crippen LogP contribution < -0.4 is 5.73 Å². The van der Waals surface area contributed by atoms with Crippen LogP contribution >= 0.6 is 27.5 Å². The second kappa shape index (κ2) is 3.90. The summed E-state index contributed by atoms with van der Waals surface area (Å²) >= 11 is 9.06. The molecule has 0 aromatic heterocycles. The fourth-order valence-corrected chi connectivity index (χ4v) is 1.64. The standard InChI is InChI=1S/C8H6BrClN2/c9-7-2-8(10)6(4-12)1-5(7)3-11/h1-2H,4,12H2. The van der Waals surface area contributed by atoms with E-state index in [2.05, 4.69) is 15.9 Å². The number of hydrogen-bond acceptors (Lipinski definition) is 2. The van der Waals surface area contributed by atoms with Gasteiger partial charge in [-0.15, -0.1) is 0 Å². The van der Waals surface area contributed by atoms with E-state index < -0.39 is 0 Å². The predicted molar refractivity (Wildman–Crippen MR) is 51.8 cm³/mol. The van der Waals surface area contributed by atoms with E-state index in [4.69, 9.17) is 22.6 Å². The molecule has 0 bridgehead atoms. The van der Waals surface area contributed by atoms with Crippen LogP contribution in [0.3, 0.4) is 0 Å². The van der Waals surface area contributed by atoms with Crippen LogP contribution in [0.25, 0.3) is 0 Å². The molecule has 2 N–H and O–H groups in total. The van der Waals surface area contributed by atoms with Gasteiger partial charge in [0, 0.05) is 16.0 Å². The summed E-state index contributed by atoms with van der Waals surface area (Å²) in [4.78, 5) is 0. The lowest BCUT2D eigenvalue weighted by Gasteiger charge is -2.02. The zero-order chi connectivity index (χ0) is 9.14. The minimum Gasteiger partial charge on any atom is -0.326 e. The van der Waals surface area contributed by atoms with Gasteiger partial charge in [0.05, 0.1) is 5.56 Å². The number of nitriles is 1. The van der Waals surface area contributed by atoms with Crippen LogP contribution in [0.5, 0.6) is 0 Å². The molecule has 0 spiro atoms. The quantitative estimate of drug-likeness (QED) is 0.826. The van der Waals surface area contributed by atoms with E-state index in [1.807, 2.05) is 6.07 Å². The average Bonchev–Trinajstić information content (AvgIpc) is 2.05. The number of hydrogen-bond donors (Lipinski definition) is 1. The highest BCUT2D eigenvalue weighted by molar-refractivity contribution is 9.10. The Bertz CT molecular complexity index is 344. The summed E-state index contributed by atoms with van der Waals surface area (Å²) in [5.41, 5.74) is 6.76. The SMILES string of the molecule is N#Cc1cc(CN)c(Cl)cc1Br. The first-order valence-electron chi connectivity index (χ1n) is 3.27. The maximum Gasteiger partial charge on any atom is 0.100 e. The Morgan fingerprint density at radius 1 is 1.58 bits per heavy atom. The molecule has 12 heavy (non-hydrogen) atoms. The zero-order valence-corrected chi connectivity index (χ0v) is 8.48. The Balaban J connectivity index is 3.30. The van der Waals surface area contributed by atoms with Crippen LogP contribution in [-0.4, -0.2) is 0 Å². The second-order valence-corrected chi connectivity index (χ2v) is 3.50. The maximum absolute atomic E-state index is 8.67. The minimum absolute atomic E-state index is 0.348. The van der Waals surface area contributed by atoms with E-state index in [9.17, 15) is 0 Å². The monoisotopic (exact) mass is 244 g/mol. The van der Waals surface area contributed by atoms with Crippen molar-refractivity contribution in [3.05, 3.63) is 32.8 Å². The summed E-state index contributed by atoms with van der Waals surface area (Å²) in [6, 6.07) is 5.41. The number of benzene rings is 1. The third kappa shape index (κ3) is 1.78. The van der Waals surface area contributed by atoms with Crippen LogP contribution in [0.15, 0.2) is 16.6 Å². The van der Waals surface area contributed by atoms with Gasteiger partial charge in [0.25, 0.3) is 0 Å². The van der Waals surface area contributed by atoms with Crippen LogP contribution in [0.1, 0.15) is 11.1 Å². The summed E-state index contributed by atoms with van der Waals surface area (Å²) in [6.07, 6.45) is 0. The first kappa shape index (κ1) is 9.53. The van der Waals surface area contributed by atoms with E-state index >= 15 is 0 Å². The number of halogens is 2. The molecule has 0 saturated heterocycles. The van der Waals surface area contributed by atoms with E-state index in [-0.39, 0.29) is 0 Å². The van der Waals surface area contributed by atoms with Crippen LogP contribution in [0.4, 0.5) is 0 Å². The van der Waals surface area contributed by atoms with E-state index in [0.29, 0.717) is 21.6 Å². The molecule has 1 aromatic carbocycles. The van der Waals surface area contributed by atoms with Crippen molar-refractivity contribution in [2.45, 2.75) is 6.54 Å². The number of nitrogens with zero attached hydrogens (tertiary/aromatic N) is 1. The van der Waals surface area contributed by atoms with Gasteiger partial charge < -0.3 is 5.73 Å². The highest BCUT2D eigenvalue weighted by Crippen LogP contribution is 2.24. The van der Waals surface area contributed by atoms with Gasteiger partial charge >= 0.3 is 0 Å². The molecule has 0 aliphatic rings. The van der Waals surface area contributed by atoms with Crippen molar-refractivity contribution in [3.63, 3.8) is 0 Å². The number of nitrogens with two attached hydrogens (primary N) is 1. The second-order valence-electron chi connectivity index (χ2n) is 2.24. The molecule has 0 aliphatic carbocycles. The molecule has 0 fully saturated rings. The molecule has 0 radical (unpaired) electrons. The molecule has 0 amide bonds. The largest absolute Gasteiger partial charge is 0.326 e. The molecular weight excluding hydrogens is 239 g/mol. The molecular formula is C8H6BrClN2. The van der Waals surface area contributed by atoms with Gasteiger partial charge in [0.15, 0.2) is 0 Å². The van der Waals surface area contributed by atoms with Gasteiger partial charge in [-0.3, -0.25) is 0 Å². The molecule has 0 heterocycles. The lowest BCUT2D eigenvalue weighted by Crippen LogP contribution is -1.98. The van der Waals surface area contributed by atoms with Crippen molar-refractivity contribution in [1.82, 2.24) is 0 Å². The molecule has 0 aliphatic heterocycles. The summed E-state index contributed by atoms with van der Waals surface area (Å²) < 4.78 is 0.701. The van der Waals surface area contributed by atoms with Gasteiger partial charge in [-0.25, -0.2) is 0 Å². The molecule has 4 heteroatoms. The van der Waals surface area contributed by atoms with Gasteiger partial charge in [-0.2, -0.15) is 5.26 Å². The topological polar surface area (TPSA) is 49.8 Å². The van der Waals surface area contributed by atoms with Crippen LogP contribution in [-0.2, 0) is 6.54 Å².